The molecular formula is C13H15O2P. The maximum Gasteiger partial charge on any atom is 0.161 e. The predicted molar refractivity (Wildman–Crippen MR) is 69.2 cm³/mol. The van der Waals surface area contributed by atoms with Crippen molar-refractivity contribution in [1.82, 2.24) is 0 Å². The van der Waals surface area contributed by atoms with E-state index in [-0.39, 0.29) is 0 Å². The SMILES string of the molecule is CP(O)O.c1ccc(-c2ccccc2)cc1. The van der Waals surface area contributed by atoms with E-state index in [1.165, 1.54) is 17.8 Å². The predicted octanol–water partition coefficient (Wildman–Crippen LogP) is 3.27. The molecule has 16 heavy (non-hydrogen) atoms. The summed E-state index contributed by atoms with van der Waals surface area (Å²) in [7, 11) is -1.62. The number of hydrogen-bond acceptors (Lipinski definition) is 2. The fraction of sp³-hybridized carbons (Fsp3) is 0.0769. The van der Waals surface area contributed by atoms with Crippen molar-refractivity contribution in [2.45, 2.75) is 0 Å². The van der Waals surface area contributed by atoms with E-state index in [1.54, 1.807) is 0 Å². The van der Waals surface area contributed by atoms with Gasteiger partial charge in [-0.1, -0.05) is 60.7 Å². The Morgan fingerprint density at radius 1 is 0.688 bits per heavy atom. The van der Waals surface area contributed by atoms with E-state index < -0.39 is 8.38 Å². The topological polar surface area (TPSA) is 40.5 Å². The molecule has 0 unspecified atom stereocenters. The van der Waals surface area contributed by atoms with Crippen molar-refractivity contribution < 1.29 is 9.79 Å². The van der Waals surface area contributed by atoms with Gasteiger partial charge in [0.1, 0.15) is 0 Å². The molecule has 2 rings (SSSR count). The van der Waals surface area contributed by atoms with Crippen LogP contribution in [-0.2, 0) is 0 Å². The second-order valence-electron chi connectivity index (χ2n) is 3.22. The quantitative estimate of drug-likeness (QED) is 0.743. The third-order valence-corrected chi connectivity index (χ3v) is 1.88. The third-order valence-electron chi connectivity index (χ3n) is 1.88. The lowest BCUT2D eigenvalue weighted by Crippen LogP contribution is -1.73. The second-order valence-corrected chi connectivity index (χ2v) is 4.20. The molecule has 0 atom stereocenters. The Kier molecular flexibility index (Phi) is 5.73. The normalized spacial score (nSPS) is 9.50. The lowest BCUT2D eigenvalue weighted by atomic mass is 10.1. The highest BCUT2D eigenvalue weighted by molar-refractivity contribution is 7.44. The van der Waals surface area contributed by atoms with Crippen molar-refractivity contribution in [2.24, 2.45) is 0 Å². The Morgan fingerprint density at radius 2 is 0.938 bits per heavy atom. The molecule has 2 N–H and O–H groups in total. The van der Waals surface area contributed by atoms with Crippen LogP contribution in [0.4, 0.5) is 0 Å². The molecule has 84 valence electrons. The van der Waals surface area contributed by atoms with Crippen molar-refractivity contribution in [1.29, 1.82) is 0 Å². The smallest absolute Gasteiger partial charge is 0.161 e. The highest BCUT2D eigenvalue weighted by Crippen LogP contribution is 2.17. The first-order chi connectivity index (χ1) is 7.70. The van der Waals surface area contributed by atoms with E-state index in [0.717, 1.165) is 0 Å². The van der Waals surface area contributed by atoms with Crippen LogP contribution < -0.4 is 0 Å². The zero-order chi connectivity index (χ0) is 11.8. The number of benzene rings is 2. The average molecular weight is 234 g/mol. The van der Waals surface area contributed by atoms with Gasteiger partial charge >= 0.3 is 0 Å². The first kappa shape index (κ1) is 12.9. The number of rotatable bonds is 1. The molecule has 0 spiro atoms. The van der Waals surface area contributed by atoms with Crippen LogP contribution >= 0.6 is 8.38 Å². The van der Waals surface area contributed by atoms with Gasteiger partial charge in [0.25, 0.3) is 0 Å². The summed E-state index contributed by atoms with van der Waals surface area (Å²) in [6.45, 7) is 1.34. The molecule has 0 amide bonds. The van der Waals surface area contributed by atoms with Gasteiger partial charge in [-0.25, -0.2) is 0 Å². The van der Waals surface area contributed by atoms with Crippen LogP contribution in [0.3, 0.4) is 0 Å². The van der Waals surface area contributed by atoms with Gasteiger partial charge < -0.3 is 9.79 Å². The molecule has 0 aliphatic carbocycles. The van der Waals surface area contributed by atoms with Gasteiger partial charge in [0.2, 0.25) is 0 Å². The molecule has 0 radical (unpaired) electrons. The summed E-state index contributed by atoms with van der Waals surface area (Å²) in [4.78, 5) is 15.4. The van der Waals surface area contributed by atoms with Gasteiger partial charge in [0.05, 0.1) is 0 Å². The Balaban J connectivity index is 0.000000280. The fourth-order valence-corrected chi connectivity index (χ4v) is 1.26. The Labute approximate surface area is 97.1 Å². The molecule has 3 heteroatoms. The molecule has 0 aliphatic heterocycles. The Morgan fingerprint density at radius 3 is 1.19 bits per heavy atom. The summed E-state index contributed by atoms with van der Waals surface area (Å²) in [6.07, 6.45) is 0. The van der Waals surface area contributed by atoms with Crippen LogP contribution in [0.5, 0.6) is 0 Å². The Hall–Kier alpha value is -1.21. The van der Waals surface area contributed by atoms with Crippen molar-refractivity contribution >= 4 is 8.38 Å². The van der Waals surface area contributed by atoms with Crippen molar-refractivity contribution in [3.05, 3.63) is 60.7 Å². The second kappa shape index (κ2) is 7.13. The fourth-order valence-electron chi connectivity index (χ4n) is 1.26. The summed E-state index contributed by atoms with van der Waals surface area (Å²) in [6, 6.07) is 20.8. The minimum atomic E-state index is -1.62. The van der Waals surface area contributed by atoms with Crippen LogP contribution in [0.1, 0.15) is 0 Å². The lowest BCUT2D eigenvalue weighted by Gasteiger charge is -1.98. The molecule has 2 aromatic rings. The summed E-state index contributed by atoms with van der Waals surface area (Å²) < 4.78 is 0. The first-order valence-electron chi connectivity index (χ1n) is 4.92. The van der Waals surface area contributed by atoms with E-state index >= 15 is 0 Å². The molecule has 0 heterocycles. The van der Waals surface area contributed by atoms with Crippen molar-refractivity contribution in [2.75, 3.05) is 6.66 Å². The molecule has 0 aromatic heterocycles. The van der Waals surface area contributed by atoms with Crippen LogP contribution in [0, 0.1) is 0 Å². The van der Waals surface area contributed by atoms with Gasteiger partial charge in [0, 0.05) is 6.66 Å². The zero-order valence-electron chi connectivity index (χ0n) is 9.12. The van der Waals surface area contributed by atoms with Crippen LogP contribution in [0.15, 0.2) is 60.7 Å². The summed E-state index contributed by atoms with van der Waals surface area (Å²) >= 11 is 0. The average Bonchev–Trinajstić information content (AvgIpc) is 2.31. The molecule has 0 saturated carbocycles. The van der Waals surface area contributed by atoms with E-state index in [4.69, 9.17) is 9.79 Å². The summed E-state index contributed by atoms with van der Waals surface area (Å²) in [5.74, 6) is 0. The molecule has 2 aromatic carbocycles. The van der Waals surface area contributed by atoms with Crippen molar-refractivity contribution in [3.8, 4) is 11.1 Å². The van der Waals surface area contributed by atoms with E-state index in [2.05, 4.69) is 48.5 Å². The highest BCUT2D eigenvalue weighted by atomic mass is 31.2. The van der Waals surface area contributed by atoms with Crippen molar-refractivity contribution in [3.63, 3.8) is 0 Å². The molecule has 0 bridgehead atoms. The van der Waals surface area contributed by atoms with Gasteiger partial charge in [0.15, 0.2) is 8.38 Å². The van der Waals surface area contributed by atoms with Crippen LogP contribution in [0.2, 0.25) is 0 Å². The van der Waals surface area contributed by atoms with E-state index in [0.29, 0.717) is 0 Å². The summed E-state index contributed by atoms with van der Waals surface area (Å²) in [5.41, 5.74) is 2.55. The van der Waals surface area contributed by atoms with Gasteiger partial charge in [-0.2, -0.15) is 0 Å². The van der Waals surface area contributed by atoms with Gasteiger partial charge in [-0.05, 0) is 11.1 Å². The molecule has 0 saturated heterocycles. The third kappa shape index (κ3) is 5.04. The van der Waals surface area contributed by atoms with Crippen LogP contribution in [-0.4, -0.2) is 16.5 Å². The monoisotopic (exact) mass is 234 g/mol. The minimum absolute atomic E-state index is 1.28. The van der Waals surface area contributed by atoms with Gasteiger partial charge in [-0.15, -0.1) is 0 Å². The zero-order valence-corrected chi connectivity index (χ0v) is 10.0. The maximum absolute atomic E-state index is 7.68. The Bertz CT molecular complexity index is 347. The molecule has 0 aliphatic rings. The first-order valence-corrected chi connectivity index (χ1v) is 6.61. The minimum Gasteiger partial charge on any atom is -0.350 e. The largest absolute Gasteiger partial charge is 0.350 e. The maximum atomic E-state index is 7.68. The highest BCUT2D eigenvalue weighted by Gasteiger charge is 1.91. The van der Waals surface area contributed by atoms with Crippen LogP contribution in [0.25, 0.3) is 11.1 Å². The standard InChI is InChI=1S/C12H10.CH5O2P/c1-3-7-11(8-4-1)12-9-5-2-6-10-12;1-4(2)3/h1-10H;2-3H,1H3. The molecule has 2 nitrogen and oxygen atoms in total. The number of hydrogen-bond donors (Lipinski definition) is 2. The van der Waals surface area contributed by atoms with Gasteiger partial charge in [-0.3, -0.25) is 0 Å². The van der Waals surface area contributed by atoms with E-state index in [1.807, 2.05) is 12.1 Å². The van der Waals surface area contributed by atoms with E-state index in [9.17, 15) is 0 Å². The summed E-state index contributed by atoms with van der Waals surface area (Å²) in [5, 5.41) is 0. The molecular weight excluding hydrogens is 219 g/mol. The molecule has 0 fully saturated rings. The lowest BCUT2D eigenvalue weighted by molar-refractivity contribution is 0.491.